The van der Waals surface area contributed by atoms with Crippen molar-refractivity contribution >= 4 is 5.82 Å². The van der Waals surface area contributed by atoms with Crippen molar-refractivity contribution in [3.8, 4) is 16.9 Å². The number of ether oxygens (including phenoxy) is 1. The number of rotatable bonds is 6. The van der Waals surface area contributed by atoms with Gasteiger partial charge >= 0.3 is 0 Å². The first-order valence-corrected chi connectivity index (χ1v) is 7.11. The lowest BCUT2D eigenvalue weighted by Gasteiger charge is -2.16. The third-order valence-corrected chi connectivity index (χ3v) is 3.15. The fourth-order valence-electron chi connectivity index (χ4n) is 2.09. The maximum absolute atomic E-state index is 9.66. The van der Waals surface area contributed by atoms with Crippen LogP contribution in [0.15, 0.2) is 42.6 Å². The summed E-state index contributed by atoms with van der Waals surface area (Å²) >= 11 is 0. The molecule has 0 amide bonds. The molecule has 0 aliphatic heterocycles. The Morgan fingerprint density at radius 3 is 2.67 bits per heavy atom. The van der Waals surface area contributed by atoms with Gasteiger partial charge in [-0.1, -0.05) is 12.1 Å². The number of aromatic nitrogens is 1. The topological polar surface area (TPSA) is 68.4 Å². The Hall–Kier alpha value is -2.07. The summed E-state index contributed by atoms with van der Waals surface area (Å²) in [5, 5.41) is 9.66. The minimum atomic E-state index is -0.639. The number of nitrogens with zero attached hydrogens (tertiary/aromatic N) is 1. The van der Waals surface area contributed by atoms with Crippen LogP contribution in [0.5, 0.6) is 5.75 Å². The van der Waals surface area contributed by atoms with Crippen molar-refractivity contribution in [2.24, 2.45) is 0 Å². The van der Waals surface area contributed by atoms with Crippen molar-refractivity contribution in [2.45, 2.75) is 32.3 Å². The van der Waals surface area contributed by atoms with Gasteiger partial charge in [-0.15, -0.1) is 0 Å². The van der Waals surface area contributed by atoms with Crippen LogP contribution in [0.25, 0.3) is 11.1 Å². The third-order valence-electron chi connectivity index (χ3n) is 3.15. The Balaban J connectivity index is 1.98. The molecule has 1 heterocycles. The van der Waals surface area contributed by atoms with Gasteiger partial charge in [-0.25, -0.2) is 4.98 Å². The summed E-state index contributed by atoms with van der Waals surface area (Å²) in [5.41, 5.74) is 7.13. The van der Waals surface area contributed by atoms with E-state index in [1.807, 2.05) is 50.2 Å². The van der Waals surface area contributed by atoms with Crippen LogP contribution < -0.4 is 10.5 Å². The Kier molecular flexibility index (Phi) is 4.81. The molecule has 0 radical (unpaired) electrons. The van der Waals surface area contributed by atoms with Crippen LogP contribution in [-0.4, -0.2) is 22.3 Å². The number of pyridine rings is 1. The molecule has 0 aliphatic rings. The largest absolute Gasteiger partial charge is 0.494 e. The molecule has 0 fully saturated rings. The lowest BCUT2D eigenvalue weighted by molar-refractivity contribution is 0.0641. The molecular weight excluding hydrogens is 264 g/mol. The number of hydrogen-bond acceptors (Lipinski definition) is 4. The molecule has 0 atom stereocenters. The predicted molar refractivity (Wildman–Crippen MR) is 85.1 cm³/mol. The Labute approximate surface area is 125 Å². The molecule has 0 saturated heterocycles. The Bertz CT molecular complexity index is 591. The second kappa shape index (κ2) is 6.59. The highest BCUT2D eigenvalue weighted by atomic mass is 16.5. The van der Waals surface area contributed by atoms with E-state index in [0.29, 0.717) is 18.8 Å². The van der Waals surface area contributed by atoms with Crippen molar-refractivity contribution in [3.05, 3.63) is 42.6 Å². The quantitative estimate of drug-likeness (QED) is 0.800. The molecule has 0 spiro atoms. The van der Waals surface area contributed by atoms with Crippen LogP contribution >= 0.6 is 0 Å². The Morgan fingerprint density at radius 2 is 1.95 bits per heavy atom. The average molecular weight is 286 g/mol. The predicted octanol–water partition coefficient (Wildman–Crippen LogP) is 3.26. The van der Waals surface area contributed by atoms with E-state index in [-0.39, 0.29) is 0 Å². The summed E-state index contributed by atoms with van der Waals surface area (Å²) in [6.07, 6.45) is 3.23. The zero-order valence-electron chi connectivity index (χ0n) is 12.5. The van der Waals surface area contributed by atoms with Crippen molar-refractivity contribution in [1.29, 1.82) is 0 Å². The summed E-state index contributed by atoms with van der Waals surface area (Å²) in [5.74, 6) is 1.32. The number of nitrogen functional groups attached to an aromatic ring is 1. The highest BCUT2D eigenvalue weighted by Crippen LogP contribution is 2.24. The van der Waals surface area contributed by atoms with Gasteiger partial charge in [0.1, 0.15) is 11.6 Å². The number of aliphatic hydroxyl groups is 1. The maximum Gasteiger partial charge on any atom is 0.123 e. The molecule has 0 unspecified atom stereocenters. The molecule has 3 N–H and O–H groups in total. The van der Waals surface area contributed by atoms with Gasteiger partial charge in [0, 0.05) is 6.20 Å². The van der Waals surface area contributed by atoms with Gasteiger partial charge < -0.3 is 15.6 Å². The standard InChI is InChI=1S/C17H22N2O2/c1-17(2,20)8-4-10-21-15-6-3-5-13(11-15)14-7-9-19-16(18)12-14/h3,5-7,9,11-12,20H,4,8,10H2,1-2H3,(H2,18,19). The Morgan fingerprint density at radius 1 is 1.19 bits per heavy atom. The fourth-order valence-corrected chi connectivity index (χ4v) is 2.09. The third kappa shape index (κ3) is 5.08. The lowest BCUT2D eigenvalue weighted by atomic mass is 10.0. The monoisotopic (exact) mass is 286 g/mol. The molecule has 21 heavy (non-hydrogen) atoms. The molecule has 2 aromatic rings. The molecule has 0 saturated carbocycles. The van der Waals surface area contributed by atoms with Crippen LogP contribution in [0.2, 0.25) is 0 Å². The molecule has 112 valence electrons. The highest BCUT2D eigenvalue weighted by molar-refractivity contribution is 5.67. The molecule has 2 rings (SSSR count). The molecule has 0 bridgehead atoms. The molecular formula is C17H22N2O2. The summed E-state index contributed by atoms with van der Waals surface area (Å²) in [7, 11) is 0. The maximum atomic E-state index is 9.66. The molecule has 0 aliphatic carbocycles. The van der Waals surface area contributed by atoms with E-state index in [1.165, 1.54) is 0 Å². The molecule has 1 aromatic heterocycles. The number of benzene rings is 1. The van der Waals surface area contributed by atoms with E-state index in [1.54, 1.807) is 6.20 Å². The van der Waals surface area contributed by atoms with Crippen molar-refractivity contribution in [2.75, 3.05) is 12.3 Å². The summed E-state index contributed by atoms with van der Waals surface area (Å²) in [6, 6.07) is 11.6. The van der Waals surface area contributed by atoms with Crippen LogP contribution in [-0.2, 0) is 0 Å². The number of anilines is 1. The van der Waals surface area contributed by atoms with Gasteiger partial charge in [0.15, 0.2) is 0 Å². The van der Waals surface area contributed by atoms with Crippen LogP contribution in [0.3, 0.4) is 0 Å². The van der Waals surface area contributed by atoms with Crippen LogP contribution in [0, 0.1) is 0 Å². The second-order valence-electron chi connectivity index (χ2n) is 5.76. The molecule has 1 aromatic carbocycles. The number of hydrogen-bond donors (Lipinski definition) is 2. The zero-order chi connectivity index (χ0) is 15.3. The highest BCUT2D eigenvalue weighted by Gasteiger charge is 2.11. The van der Waals surface area contributed by atoms with Crippen LogP contribution in [0.4, 0.5) is 5.82 Å². The normalized spacial score (nSPS) is 11.4. The minimum absolute atomic E-state index is 0.504. The van der Waals surface area contributed by atoms with E-state index in [4.69, 9.17) is 10.5 Å². The van der Waals surface area contributed by atoms with Crippen LogP contribution in [0.1, 0.15) is 26.7 Å². The van der Waals surface area contributed by atoms with Gasteiger partial charge in [0.25, 0.3) is 0 Å². The molecule has 4 heteroatoms. The van der Waals surface area contributed by atoms with E-state index in [9.17, 15) is 5.11 Å². The summed E-state index contributed by atoms with van der Waals surface area (Å²) < 4.78 is 5.74. The first kappa shape index (κ1) is 15.3. The van der Waals surface area contributed by atoms with Crippen molar-refractivity contribution < 1.29 is 9.84 Å². The smallest absolute Gasteiger partial charge is 0.123 e. The fraction of sp³-hybridized carbons (Fsp3) is 0.353. The van der Waals surface area contributed by atoms with Crippen molar-refractivity contribution in [3.63, 3.8) is 0 Å². The second-order valence-corrected chi connectivity index (χ2v) is 5.76. The van der Waals surface area contributed by atoms with Gasteiger partial charge in [-0.3, -0.25) is 0 Å². The first-order valence-electron chi connectivity index (χ1n) is 7.11. The average Bonchev–Trinajstić information content (AvgIpc) is 2.43. The van der Waals surface area contributed by atoms with E-state index in [0.717, 1.165) is 23.3 Å². The van der Waals surface area contributed by atoms with E-state index in [2.05, 4.69) is 4.98 Å². The number of nitrogens with two attached hydrogens (primary N) is 1. The molecule has 4 nitrogen and oxygen atoms in total. The first-order chi connectivity index (χ1) is 9.94. The van der Waals surface area contributed by atoms with Crippen molar-refractivity contribution in [1.82, 2.24) is 4.98 Å². The van der Waals surface area contributed by atoms with Gasteiger partial charge in [-0.2, -0.15) is 0 Å². The summed E-state index contributed by atoms with van der Waals surface area (Å²) in [6.45, 7) is 4.20. The van der Waals surface area contributed by atoms with Gasteiger partial charge in [0.05, 0.1) is 12.2 Å². The van der Waals surface area contributed by atoms with Gasteiger partial charge in [-0.05, 0) is 62.1 Å². The van der Waals surface area contributed by atoms with Gasteiger partial charge in [0.2, 0.25) is 0 Å². The van der Waals surface area contributed by atoms with E-state index < -0.39 is 5.60 Å². The summed E-state index contributed by atoms with van der Waals surface area (Å²) in [4.78, 5) is 3.99. The van der Waals surface area contributed by atoms with E-state index >= 15 is 0 Å². The minimum Gasteiger partial charge on any atom is -0.494 e. The lowest BCUT2D eigenvalue weighted by Crippen LogP contribution is -2.19. The zero-order valence-corrected chi connectivity index (χ0v) is 12.5. The SMILES string of the molecule is CC(C)(O)CCCOc1cccc(-c2ccnc(N)c2)c1.